The number of hydrogen-bond donors (Lipinski definition) is 1. The molecule has 0 atom stereocenters. The van der Waals surface area contributed by atoms with Crippen molar-refractivity contribution in [1.29, 1.82) is 5.26 Å². The lowest BCUT2D eigenvalue weighted by Crippen LogP contribution is -2.19. The first-order chi connectivity index (χ1) is 13.2. The van der Waals surface area contributed by atoms with Crippen LogP contribution in [0.2, 0.25) is 0 Å². The number of halogens is 3. The summed E-state index contributed by atoms with van der Waals surface area (Å²) in [5.41, 5.74) is -0.00130. The molecule has 0 fully saturated rings. The number of para-hydroxylation sites is 1. The number of nitrogens with one attached hydrogen (secondary N) is 1. The first-order valence-electron chi connectivity index (χ1n) is 7.66. The number of nitriles is 1. The van der Waals surface area contributed by atoms with Gasteiger partial charge >= 0.3 is 6.18 Å². The first-order valence-corrected chi connectivity index (χ1v) is 7.66. The summed E-state index contributed by atoms with van der Waals surface area (Å²) >= 11 is 0. The highest BCUT2D eigenvalue weighted by Gasteiger charge is 2.28. The molecule has 0 radical (unpaired) electrons. The Balaban J connectivity index is 2.10. The molecular formula is C18H12F3N3O4. The maximum atomic E-state index is 12.2. The molecule has 1 N–H and O–H groups in total. The van der Waals surface area contributed by atoms with Gasteiger partial charge in [-0.2, -0.15) is 18.4 Å². The number of hydrogen-bond acceptors (Lipinski definition) is 5. The van der Waals surface area contributed by atoms with Gasteiger partial charge in [-0.05, 0) is 30.3 Å². The predicted molar refractivity (Wildman–Crippen MR) is 93.5 cm³/mol. The van der Waals surface area contributed by atoms with Gasteiger partial charge in [-0.3, -0.25) is 14.9 Å². The number of amides is 1. The molecule has 1 amide bonds. The fourth-order valence-electron chi connectivity index (χ4n) is 2.12. The standard InChI is InChI=1S/C18H12F3N3O4/c19-18(20,21)11-28-16-7-6-14(9-13(16)10-22)23-17(25)8-5-12-3-1-2-4-15(12)24(26)27/h1-9H,11H2,(H,23,25)/b8-5+. The van der Waals surface area contributed by atoms with Gasteiger partial charge in [0, 0.05) is 17.8 Å². The van der Waals surface area contributed by atoms with Crippen LogP contribution in [-0.2, 0) is 4.79 Å². The number of rotatable bonds is 6. The number of nitrogens with zero attached hydrogens (tertiary/aromatic N) is 2. The zero-order valence-electron chi connectivity index (χ0n) is 14.1. The Labute approximate surface area is 156 Å². The molecule has 0 aliphatic carbocycles. The van der Waals surface area contributed by atoms with Gasteiger partial charge in [-0.15, -0.1) is 0 Å². The van der Waals surface area contributed by atoms with Crippen LogP contribution in [0.5, 0.6) is 5.75 Å². The van der Waals surface area contributed by atoms with Crippen molar-refractivity contribution >= 4 is 23.4 Å². The Morgan fingerprint density at radius 3 is 2.64 bits per heavy atom. The van der Waals surface area contributed by atoms with E-state index in [-0.39, 0.29) is 28.3 Å². The van der Waals surface area contributed by atoms with E-state index in [1.54, 1.807) is 12.1 Å². The Kier molecular flexibility index (Phi) is 6.34. The van der Waals surface area contributed by atoms with Crippen molar-refractivity contribution in [2.24, 2.45) is 0 Å². The molecule has 2 aromatic carbocycles. The van der Waals surface area contributed by atoms with Crippen LogP contribution in [-0.4, -0.2) is 23.6 Å². The van der Waals surface area contributed by atoms with Crippen molar-refractivity contribution in [3.63, 3.8) is 0 Å². The van der Waals surface area contributed by atoms with Crippen LogP contribution >= 0.6 is 0 Å². The summed E-state index contributed by atoms with van der Waals surface area (Å²) in [6.07, 6.45) is -2.24. The Morgan fingerprint density at radius 2 is 2.00 bits per heavy atom. The SMILES string of the molecule is N#Cc1cc(NC(=O)/C=C/c2ccccc2[N+](=O)[O-])ccc1OCC(F)(F)F. The van der Waals surface area contributed by atoms with Gasteiger partial charge in [0.1, 0.15) is 11.8 Å². The maximum absolute atomic E-state index is 12.2. The molecular weight excluding hydrogens is 379 g/mol. The fraction of sp³-hybridized carbons (Fsp3) is 0.111. The largest absolute Gasteiger partial charge is 0.483 e. The number of anilines is 1. The highest BCUT2D eigenvalue weighted by Crippen LogP contribution is 2.25. The lowest BCUT2D eigenvalue weighted by atomic mass is 10.1. The molecule has 0 saturated heterocycles. The van der Waals surface area contributed by atoms with Crippen molar-refractivity contribution in [2.75, 3.05) is 11.9 Å². The number of nitro groups is 1. The molecule has 0 unspecified atom stereocenters. The van der Waals surface area contributed by atoms with Gasteiger partial charge < -0.3 is 10.1 Å². The van der Waals surface area contributed by atoms with Crippen LogP contribution < -0.4 is 10.1 Å². The van der Waals surface area contributed by atoms with E-state index in [0.717, 1.165) is 18.2 Å². The Morgan fingerprint density at radius 1 is 1.29 bits per heavy atom. The van der Waals surface area contributed by atoms with Crippen molar-refractivity contribution in [2.45, 2.75) is 6.18 Å². The average Bonchev–Trinajstić information content (AvgIpc) is 2.64. The van der Waals surface area contributed by atoms with E-state index in [4.69, 9.17) is 5.26 Å². The van der Waals surface area contributed by atoms with Crippen molar-refractivity contribution in [3.05, 3.63) is 69.8 Å². The molecule has 0 aliphatic heterocycles. The predicted octanol–water partition coefficient (Wildman–Crippen LogP) is 4.06. The smallest absolute Gasteiger partial charge is 0.422 e. The molecule has 7 nitrogen and oxygen atoms in total. The second-order valence-electron chi connectivity index (χ2n) is 5.37. The summed E-state index contributed by atoms with van der Waals surface area (Å²) in [7, 11) is 0. The topological polar surface area (TPSA) is 105 Å². The molecule has 0 bridgehead atoms. The molecule has 2 aromatic rings. The highest BCUT2D eigenvalue weighted by atomic mass is 19.4. The van der Waals surface area contributed by atoms with Crippen molar-refractivity contribution < 1.29 is 27.6 Å². The Bertz CT molecular complexity index is 965. The summed E-state index contributed by atoms with van der Waals surface area (Å²) in [6.45, 7) is -1.55. The van der Waals surface area contributed by atoms with Crippen LogP contribution in [0.25, 0.3) is 6.08 Å². The van der Waals surface area contributed by atoms with Crippen LogP contribution in [0, 0.1) is 21.4 Å². The quantitative estimate of drug-likeness (QED) is 0.454. The van der Waals surface area contributed by atoms with E-state index in [0.29, 0.717) is 0 Å². The van der Waals surface area contributed by atoms with Gasteiger partial charge in [0.15, 0.2) is 6.61 Å². The number of benzene rings is 2. The lowest BCUT2D eigenvalue weighted by molar-refractivity contribution is -0.385. The van der Waals surface area contributed by atoms with Crippen LogP contribution in [0.3, 0.4) is 0 Å². The highest BCUT2D eigenvalue weighted by molar-refractivity contribution is 6.02. The summed E-state index contributed by atoms with van der Waals surface area (Å²) in [5, 5.41) is 22.4. The maximum Gasteiger partial charge on any atom is 0.422 e. The molecule has 0 aromatic heterocycles. The molecule has 28 heavy (non-hydrogen) atoms. The van der Waals surface area contributed by atoms with E-state index in [1.807, 2.05) is 0 Å². The number of carbonyl (C=O) groups excluding carboxylic acids is 1. The summed E-state index contributed by atoms with van der Waals surface area (Å²) in [4.78, 5) is 22.3. The Hall–Kier alpha value is -3.87. The van der Waals surface area contributed by atoms with Gasteiger partial charge in [0.25, 0.3) is 5.69 Å². The van der Waals surface area contributed by atoms with Crippen molar-refractivity contribution in [1.82, 2.24) is 0 Å². The third kappa shape index (κ3) is 5.84. The van der Waals surface area contributed by atoms with Crippen molar-refractivity contribution in [3.8, 4) is 11.8 Å². The van der Waals surface area contributed by atoms with E-state index < -0.39 is 23.6 Å². The second kappa shape index (κ2) is 8.68. The monoisotopic (exact) mass is 391 g/mol. The minimum absolute atomic E-state index is 0.146. The third-order valence-electron chi connectivity index (χ3n) is 3.31. The molecule has 144 valence electrons. The number of alkyl halides is 3. The van der Waals surface area contributed by atoms with E-state index in [2.05, 4.69) is 10.1 Å². The molecule has 0 heterocycles. The zero-order chi connectivity index (χ0) is 20.7. The van der Waals surface area contributed by atoms with E-state index in [1.165, 1.54) is 30.3 Å². The van der Waals surface area contributed by atoms with Gasteiger partial charge in [0.05, 0.1) is 16.1 Å². The number of ether oxygens (including phenoxy) is 1. The molecule has 2 rings (SSSR count). The molecule has 0 aliphatic rings. The molecule has 10 heteroatoms. The minimum Gasteiger partial charge on any atom is -0.483 e. The van der Waals surface area contributed by atoms with E-state index in [9.17, 15) is 28.1 Å². The minimum atomic E-state index is -4.55. The van der Waals surface area contributed by atoms with Crippen LogP contribution in [0.4, 0.5) is 24.5 Å². The number of nitro benzene ring substituents is 1. The summed E-state index contributed by atoms with van der Waals surface area (Å²) in [5.74, 6) is -0.917. The third-order valence-corrected chi connectivity index (χ3v) is 3.31. The summed E-state index contributed by atoms with van der Waals surface area (Å²) < 4.78 is 41.2. The van der Waals surface area contributed by atoms with E-state index >= 15 is 0 Å². The second-order valence-corrected chi connectivity index (χ2v) is 5.37. The average molecular weight is 391 g/mol. The zero-order valence-corrected chi connectivity index (χ0v) is 14.1. The van der Waals surface area contributed by atoms with Gasteiger partial charge in [-0.1, -0.05) is 12.1 Å². The molecule has 0 spiro atoms. The fourth-order valence-corrected chi connectivity index (χ4v) is 2.12. The first kappa shape index (κ1) is 20.4. The number of carbonyl (C=O) groups is 1. The van der Waals surface area contributed by atoms with Gasteiger partial charge in [-0.25, -0.2) is 0 Å². The van der Waals surface area contributed by atoms with Crippen LogP contribution in [0.15, 0.2) is 48.5 Å². The van der Waals surface area contributed by atoms with Gasteiger partial charge in [0.2, 0.25) is 5.91 Å². The van der Waals surface area contributed by atoms with Crippen LogP contribution in [0.1, 0.15) is 11.1 Å². The normalized spacial score (nSPS) is 11.1. The molecule has 0 saturated carbocycles. The summed E-state index contributed by atoms with van der Waals surface area (Å²) in [6, 6.07) is 11.0. The lowest BCUT2D eigenvalue weighted by Gasteiger charge is -2.11.